The monoisotopic (exact) mass is 404 g/mol. The molecule has 3 rings (SSSR count). The quantitative estimate of drug-likeness (QED) is 0.578. The lowest BCUT2D eigenvalue weighted by Gasteiger charge is -2.36. The topological polar surface area (TPSA) is 94.2 Å². The van der Waals surface area contributed by atoms with E-state index in [-0.39, 0.29) is 18.4 Å². The number of ether oxygens (including phenoxy) is 3. The normalized spacial score (nSPS) is 23.9. The Hall–Kier alpha value is -2.77. The Morgan fingerprint density at radius 3 is 2.55 bits per heavy atom. The highest BCUT2D eigenvalue weighted by Crippen LogP contribution is 2.38. The number of esters is 1. The molecule has 1 spiro atoms. The van der Waals surface area contributed by atoms with Crippen LogP contribution in [0, 0.1) is 12.8 Å². The van der Waals surface area contributed by atoms with Crippen molar-refractivity contribution >= 4 is 17.9 Å². The lowest BCUT2D eigenvalue weighted by molar-refractivity contribution is -0.149. The Kier molecular flexibility index (Phi) is 6.00. The van der Waals surface area contributed by atoms with Crippen molar-refractivity contribution in [2.75, 3.05) is 20.8 Å². The van der Waals surface area contributed by atoms with E-state index >= 15 is 0 Å². The van der Waals surface area contributed by atoms with Crippen LogP contribution in [0.15, 0.2) is 12.1 Å². The van der Waals surface area contributed by atoms with Gasteiger partial charge in [0.25, 0.3) is 5.91 Å². The summed E-state index contributed by atoms with van der Waals surface area (Å²) >= 11 is 0. The number of hydrogen-bond acceptors (Lipinski definition) is 6. The van der Waals surface area contributed by atoms with Gasteiger partial charge in [0.1, 0.15) is 18.7 Å². The molecule has 158 valence electrons. The fourth-order valence-corrected chi connectivity index (χ4v) is 4.15. The van der Waals surface area contributed by atoms with Gasteiger partial charge in [-0.3, -0.25) is 14.5 Å². The first-order chi connectivity index (χ1) is 13.8. The van der Waals surface area contributed by atoms with Crippen LogP contribution < -0.4 is 14.8 Å². The molecule has 2 aliphatic rings. The van der Waals surface area contributed by atoms with Gasteiger partial charge in [-0.05, 0) is 48.9 Å². The smallest absolute Gasteiger partial charge is 0.326 e. The van der Waals surface area contributed by atoms with Crippen LogP contribution in [0.2, 0.25) is 0 Å². The van der Waals surface area contributed by atoms with Crippen LogP contribution in [-0.4, -0.2) is 49.1 Å². The Labute approximate surface area is 170 Å². The molecule has 1 N–H and O–H groups in total. The Morgan fingerprint density at radius 2 is 1.90 bits per heavy atom. The molecule has 29 heavy (non-hydrogen) atoms. The van der Waals surface area contributed by atoms with E-state index in [1.165, 1.54) is 7.11 Å². The first kappa shape index (κ1) is 21.0. The van der Waals surface area contributed by atoms with Crippen LogP contribution in [-0.2, 0) is 20.9 Å². The minimum Gasteiger partial charge on any atom is -0.493 e. The third kappa shape index (κ3) is 3.88. The van der Waals surface area contributed by atoms with Gasteiger partial charge in [0, 0.05) is 0 Å². The van der Waals surface area contributed by atoms with Crippen LogP contribution in [0.3, 0.4) is 0 Å². The molecular formula is C21H28N2O6. The number of amides is 3. The standard InChI is InChI=1S/C21H28N2O6/c1-13-9-16(27-3)17(28-4)10-15(13)12-29-18(24)11-23-19(25)21(22-20(23)26)8-6-5-7-14(21)2/h9-10,14H,5-8,11-12H2,1-4H3,(H,22,26)/t14-,21-/m0/s1. The molecule has 1 heterocycles. The number of urea groups is 1. The Bertz CT molecular complexity index is 824. The van der Waals surface area contributed by atoms with Gasteiger partial charge in [0.2, 0.25) is 0 Å². The first-order valence-corrected chi connectivity index (χ1v) is 9.83. The summed E-state index contributed by atoms with van der Waals surface area (Å²) in [5.74, 6) is 0.207. The maximum atomic E-state index is 12.9. The summed E-state index contributed by atoms with van der Waals surface area (Å²) in [6, 6.07) is 3.02. The van der Waals surface area contributed by atoms with Gasteiger partial charge in [-0.25, -0.2) is 4.79 Å². The maximum absolute atomic E-state index is 12.9. The van der Waals surface area contributed by atoms with Crippen molar-refractivity contribution < 1.29 is 28.6 Å². The van der Waals surface area contributed by atoms with Crippen LogP contribution in [0.4, 0.5) is 4.79 Å². The van der Waals surface area contributed by atoms with E-state index in [0.717, 1.165) is 35.3 Å². The van der Waals surface area contributed by atoms with E-state index < -0.39 is 24.1 Å². The van der Waals surface area contributed by atoms with Crippen molar-refractivity contribution in [3.8, 4) is 11.5 Å². The zero-order chi connectivity index (χ0) is 21.2. The largest absolute Gasteiger partial charge is 0.493 e. The zero-order valence-electron chi connectivity index (χ0n) is 17.4. The minimum atomic E-state index is -0.879. The van der Waals surface area contributed by atoms with Crippen LogP contribution in [0.1, 0.15) is 43.7 Å². The van der Waals surface area contributed by atoms with Gasteiger partial charge in [-0.2, -0.15) is 0 Å². The molecule has 1 aromatic rings. The maximum Gasteiger partial charge on any atom is 0.326 e. The summed E-state index contributed by atoms with van der Waals surface area (Å²) in [5, 5.41) is 2.83. The van der Waals surface area contributed by atoms with Crippen molar-refractivity contribution in [1.82, 2.24) is 10.2 Å². The van der Waals surface area contributed by atoms with Gasteiger partial charge in [0.15, 0.2) is 11.5 Å². The first-order valence-electron chi connectivity index (χ1n) is 9.83. The highest BCUT2D eigenvalue weighted by atomic mass is 16.5. The number of rotatable bonds is 6. The molecule has 0 radical (unpaired) electrons. The number of methoxy groups -OCH3 is 2. The van der Waals surface area contributed by atoms with Gasteiger partial charge < -0.3 is 19.5 Å². The molecule has 1 saturated carbocycles. The number of nitrogens with one attached hydrogen (secondary N) is 1. The number of hydrogen-bond donors (Lipinski definition) is 1. The van der Waals surface area contributed by atoms with E-state index in [2.05, 4.69) is 5.32 Å². The predicted molar refractivity (Wildman–Crippen MR) is 105 cm³/mol. The highest BCUT2D eigenvalue weighted by Gasteiger charge is 2.55. The fraction of sp³-hybridized carbons (Fsp3) is 0.571. The summed E-state index contributed by atoms with van der Waals surface area (Å²) in [4.78, 5) is 38.6. The fourth-order valence-electron chi connectivity index (χ4n) is 4.15. The van der Waals surface area contributed by atoms with Crippen molar-refractivity contribution in [3.05, 3.63) is 23.3 Å². The number of nitrogens with zero attached hydrogens (tertiary/aromatic N) is 1. The molecule has 8 heteroatoms. The van der Waals surface area contributed by atoms with Gasteiger partial charge >= 0.3 is 12.0 Å². The van der Waals surface area contributed by atoms with Crippen LogP contribution >= 0.6 is 0 Å². The molecule has 0 unspecified atom stereocenters. The second kappa shape index (κ2) is 8.31. The molecule has 8 nitrogen and oxygen atoms in total. The molecule has 2 fully saturated rings. The average molecular weight is 404 g/mol. The van der Waals surface area contributed by atoms with E-state index in [0.29, 0.717) is 17.9 Å². The van der Waals surface area contributed by atoms with Gasteiger partial charge in [-0.1, -0.05) is 19.8 Å². The Morgan fingerprint density at radius 1 is 1.21 bits per heavy atom. The second-order valence-corrected chi connectivity index (χ2v) is 7.73. The lowest BCUT2D eigenvalue weighted by atomic mass is 9.73. The third-order valence-electron chi connectivity index (χ3n) is 6.02. The second-order valence-electron chi connectivity index (χ2n) is 7.73. The molecule has 1 aliphatic heterocycles. The third-order valence-corrected chi connectivity index (χ3v) is 6.02. The van der Waals surface area contributed by atoms with E-state index in [1.54, 1.807) is 19.2 Å². The van der Waals surface area contributed by atoms with Gasteiger partial charge in [0.05, 0.1) is 14.2 Å². The molecule has 1 aromatic carbocycles. The zero-order valence-corrected chi connectivity index (χ0v) is 17.4. The number of benzene rings is 1. The predicted octanol–water partition coefficient (Wildman–Crippen LogP) is 2.56. The minimum absolute atomic E-state index is 0.0101. The Balaban J connectivity index is 1.64. The number of imide groups is 1. The molecule has 0 aromatic heterocycles. The van der Waals surface area contributed by atoms with Crippen LogP contribution in [0.25, 0.3) is 0 Å². The van der Waals surface area contributed by atoms with Gasteiger partial charge in [-0.15, -0.1) is 0 Å². The average Bonchev–Trinajstić information content (AvgIpc) is 2.94. The summed E-state index contributed by atoms with van der Waals surface area (Å²) in [6.45, 7) is 3.46. The van der Waals surface area contributed by atoms with E-state index in [9.17, 15) is 14.4 Å². The number of aryl methyl sites for hydroxylation is 1. The number of carbonyl (C=O) groups is 3. The summed E-state index contributed by atoms with van der Waals surface area (Å²) in [5.41, 5.74) is 0.751. The van der Waals surface area contributed by atoms with E-state index in [1.807, 2.05) is 13.8 Å². The molecule has 2 atom stereocenters. The molecule has 0 bridgehead atoms. The van der Waals surface area contributed by atoms with Crippen LogP contribution in [0.5, 0.6) is 11.5 Å². The summed E-state index contributed by atoms with van der Waals surface area (Å²) in [7, 11) is 3.08. The highest BCUT2D eigenvalue weighted by molar-refractivity contribution is 6.08. The molecule has 1 aliphatic carbocycles. The van der Waals surface area contributed by atoms with Crippen molar-refractivity contribution in [2.45, 2.75) is 51.7 Å². The summed E-state index contributed by atoms with van der Waals surface area (Å²) < 4.78 is 15.9. The number of carbonyl (C=O) groups excluding carboxylic acids is 3. The van der Waals surface area contributed by atoms with E-state index in [4.69, 9.17) is 14.2 Å². The lowest BCUT2D eigenvalue weighted by Crippen LogP contribution is -2.54. The SMILES string of the molecule is COc1cc(C)c(COC(=O)CN2C(=O)N[C@]3(CCCC[C@@H]3C)C2=O)cc1OC. The summed E-state index contributed by atoms with van der Waals surface area (Å²) in [6.07, 6.45) is 3.41. The molecule has 1 saturated heterocycles. The molecule has 3 amide bonds. The molecular weight excluding hydrogens is 376 g/mol. The van der Waals surface area contributed by atoms with Crippen molar-refractivity contribution in [3.63, 3.8) is 0 Å². The van der Waals surface area contributed by atoms with Crippen molar-refractivity contribution in [2.24, 2.45) is 5.92 Å². The van der Waals surface area contributed by atoms with Crippen molar-refractivity contribution in [1.29, 1.82) is 0 Å².